The standard InChI is InChI=1S/C30H32ClN5O2/c31-25-18-26-21(16-23(25)30(32)33)17-27(35-26)24-14-19(13-22(29(24)38)20-7-3-1-4-8-20)15-28(37)34-9-12-36-10-5-2-6-11-36/h1,3-4,7-8,13-14,16-18,35,38H,2,5-6,9-12,15H2,(H3,32,33)(H,34,37). The Morgan fingerprint density at radius 1 is 1.05 bits per heavy atom. The highest BCUT2D eigenvalue weighted by Crippen LogP contribution is 2.40. The van der Waals surface area contributed by atoms with Gasteiger partial charge in [-0.15, -0.1) is 0 Å². The number of likely N-dealkylation sites (tertiary alicyclic amines) is 1. The first kappa shape index (κ1) is 25.8. The number of aromatic amines is 1. The smallest absolute Gasteiger partial charge is 0.224 e. The van der Waals surface area contributed by atoms with Crippen molar-refractivity contribution in [3.05, 3.63) is 76.8 Å². The second kappa shape index (κ2) is 11.3. The molecular formula is C30H32ClN5O2. The van der Waals surface area contributed by atoms with E-state index in [2.05, 4.69) is 15.2 Å². The van der Waals surface area contributed by atoms with Gasteiger partial charge in [-0.05, 0) is 67.4 Å². The molecule has 2 heterocycles. The number of piperidine rings is 1. The van der Waals surface area contributed by atoms with Gasteiger partial charge in [0, 0.05) is 40.7 Å². The number of phenols is 1. The largest absolute Gasteiger partial charge is 0.507 e. The Morgan fingerprint density at radius 3 is 2.53 bits per heavy atom. The number of nitrogens with one attached hydrogen (secondary N) is 3. The van der Waals surface area contributed by atoms with E-state index in [1.54, 1.807) is 12.1 Å². The molecule has 0 atom stereocenters. The fourth-order valence-corrected chi connectivity index (χ4v) is 5.40. The molecule has 1 amide bonds. The molecular weight excluding hydrogens is 498 g/mol. The number of aromatic hydroxyl groups is 1. The minimum atomic E-state index is -0.109. The number of hydrogen-bond donors (Lipinski definition) is 5. The molecule has 0 bridgehead atoms. The number of carbonyl (C=O) groups is 1. The average molecular weight is 530 g/mol. The highest BCUT2D eigenvalue weighted by Gasteiger charge is 2.18. The lowest BCUT2D eigenvalue weighted by atomic mass is 9.95. The monoisotopic (exact) mass is 529 g/mol. The molecule has 0 aliphatic carbocycles. The number of benzene rings is 3. The number of amides is 1. The van der Waals surface area contributed by atoms with Gasteiger partial charge in [0.25, 0.3) is 0 Å². The van der Waals surface area contributed by atoms with Crippen LogP contribution in [0.3, 0.4) is 0 Å². The average Bonchev–Trinajstić information content (AvgIpc) is 3.32. The van der Waals surface area contributed by atoms with Crippen LogP contribution >= 0.6 is 11.6 Å². The lowest BCUT2D eigenvalue weighted by Crippen LogP contribution is -2.38. The molecule has 4 aromatic rings. The number of amidine groups is 1. The second-order valence-corrected chi connectivity index (χ2v) is 10.3. The van der Waals surface area contributed by atoms with Gasteiger partial charge in [0.05, 0.1) is 17.1 Å². The van der Waals surface area contributed by atoms with Gasteiger partial charge in [0.2, 0.25) is 5.91 Å². The number of carbonyl (C=O) groups excluding carboxylic acids is 1. The summed E-state index contributed by atoms with van der Waals surface area (Å²) in [4.78, 5) is 18.6. The Labute approximate surface area is 227 Å². The molecule has 196 valence electrons. The van der Waals surface area contributed by atoms with E-state index >= 15 is 0 Å². The second-order valence-electron chi connectivity index (χ2n) is 9.85. The number of nitrogens with two attached hydrogens (primary N) is 1. The van der Waals surface area contributed by atoms with Crippen molar-refractivity contribution in [2.24, 2.45) is 5.73 Å². The molecule has 6 N–H and O–H groups in total. The van der Waals surface area contributed by atoms with E-state index in [1.807, 2.05) is 48.5 Å². The number of H-pyrrole nitrogens is 1. The number of fused-ring (bicyclic) bond motifs is 1. The Kier molecular flexibility index (Phi) is 7.67. The van der Waals surface area contributed by atoms with E-state index in [9.17, 15) is 9.90 Å². The number of phenolic OH excluding ortho intramolecular Hbond substituents is 1. The molecule has 0 spiro atoms. The zero-order valence-corrected chi connectivity index (χ0v) is 21.9. The van der Waals surface area contributed by atoms with E-state index in [0.717, 1.165) is 41.7 Å². The maximum absolute atomic E-state index is 12.9. The number of nitrogens with zero attached hydrogens (tertiary/aromatic N) is 1. The van der Waals surface area contributed by atoms with Gasteiger partial charge >= 0.3 is 0 Å². The molecule has 0 radical (unpaired) electrons. The zero-order chi connectivity index (χ0) is 26.6. The van der Waals surface area contributed by atoms with Crippen LogP contribution in [0, 0.1) is 5.41 Å². The summed E-state index contributed by atoms with van der Waals surface area (Å²) in [7, 11) is 0. The number of aromatic nitrogens is 1. The summed E-state index contributed by atoms with van der Waals surface area (Å²) in [6, 6.07) is 18.7. The van der Waals surface area contributed by atoms with E-state index in [1.165, 1.54) is 19.3 Å². The molecule has 1 aromatic heterocycles. The van der Waals surface area contributed by atoms with Crippen LogP contribution in [0.5, 0.6) is 5.75 Å². The van der Waals surface area contributed by atoms with E-state index < -0.39 is 0 Å². The predicted molar refractivity (Wildman–Crippen MR) is 154 cm³/mol. The highest BCUT2D eigenvalue weighted by atomic mass is 35.5. The van der Waals surface area contributed by atoms with Crippen LogP contribution in [-0.4, -0.2) is 52.9 Å². The summed E-state index contributed by atoms with van der Waals surface area (Å²) < 4.78 is 0. The van der Waals surface area contributed by atoms with Gasteiger partial charge in [0.1, 0.15) is 11.6 Å². The summed E-state index contributed by atoms with van der Waals surface area (Å²) in [5, 5.41) is 23.4. The van der Waals surface area contributed by atoms with Crippen molar-refractivity contribution in [2.75, 3.05) is 26.2 Å². The van der Waals surface area contributed by atoms with Crippen molar-refractivity contribution in [3.63, 3.8) is 0 Å². The van der Waals surface area contributed by atoms with Crippen molar-refractivity contribution < 1.29 is 9.90 Å². The lowest BCUT2D eigenvalue weighted by molar-refractivity contribution is -0.120. The van der Waals surface area contributed by atoms with Gasteiger partial charge in [0.15, 0.2) is 0 Å². The highest BCUT2D eigenvalue weighted by molar-refractivity contribution is 6.34. The maximum atomic E-state index is 12.9. The third kappa shape index (κ3) is 5.69. The Bertz CT molecular complexity index is 1480. The first-order valence-corrected chi connectivity index (χ1v) is 13.3. The third-order valence-corrected chi connectivity index (χ3v) is 7.42. The fraction of sp³-hybridized carbons (Fsp3) is 0.267. The molecule has 0 unspecified atom stereocenters. The maximum Gasteiger partial charge on any atom is 0.224 e. The van der Waals surface area contributed by atoms with Crippen molar-refractivity contribution in [1.82, 2.24) is 15.2 Å². The third-order valence-electron chi connectivity index (χ3n) is 7.11. The lowest BCUT2D eigenvalue weighted by Gasteiger charge is -2.26. The van der Waals surface area contributed by atoms with E-state index in [-0.39, 0.29) is 23.9 Å². The summed E-state index contributed by atoms with van der Waals surface area (Å²) >= 11 is 6.33. The van der Waals surface area contributed by atoms with Crippen LogP contribution < -0.4 is 11.1 Å². The van der Waals surface area contributed by atoms with Crippen molar-refractivity contribution in [1.29, 1.82) is 5.41 Å². The molecule has 7 nitrogen and oxygen atoms in total. The molecule has 1 aliphatic rings. The number of halogens is 1. The van der Waals surface area contributed by atoms with E-state index in [4.69, 9.17) is 22.7 Å². The SMILES string of the molecule is N=C(N)c1cc2cc(-c3cc(CC(=O)NCCN4CCCCC4)cc(-c4ccccc4)c3O)[nH]c2cc1Cl. The van der Waals surface area contributed by atoms with Gasteiger partial charge < -0.3 is 26.0 Å². The Hall–Kier alpha value is -3.81. The normalized spacial score (nSPS) is 14.0. The van der Waals surface area contributed by atoms with Gasteiger partial charge in [-0.1, -0.05) is 48.4 Å². The topological polar surface area (TPSA) is 118 Å². The molecule has 8 heteroatoms. The summed E-state index contributed by atoms with van der Waals surface area (Å²) in [5.74, 6) is -0.0377. The predicted octanol–water partition coefficient (Wildman–Crippen LogP) is 5.29. The Morgan fingerprint density at radius 2 is 1.79 bits per heavy atom. The molecule has 1 aliphatic heterocycles. The quantitative estimate of drug-likeness (QED) is 0.157. The molecule has 1 fully saturated rings. The van der Waals surface area contributed by atoms with Crippen LogP contribution in [0.2, 0.25) is 5.02 Å². The summed E-state index contributed by atoms with van der Waals surface area (Å²) in [5.41, 5.74) is 10.5. The molecule has 38 heavy (non-hydrogen) atoms. The fourth-order valence-electron chi connectivity index (χ4n) is 5.13. The number of nitrogen functional groups attached to an aromatic ring is 1. The molecule has 3 aromatic carbocycles. The molecule has 5 rings (SSSR count). The zero-order valence-electron chi connectivity index (χ0n) is 21.2. The van der Waals surface area contributed by atoms with Gasteiger partial charge in [-0.3, -0.25) is 10.2 Å². The van der Waals surface area contributed by atoms with Crippen LogP contribution in [0.15, 0.2) is 60.7 Å². The minimum absolute atomic E-state index is 0.0489. The van der Waals surface area contributed by atoms with Crippen molar-refractivity contribution >= 4 is 34.2 Å². The van der Waals surface area contributed by atoms with Crippen LogP contribution in [0.1, 0.15) is 30.4 Å². The van der Waals surface area contributed by atoms with Crippen LogP contribution in [-0.2, 0) is 11.2 Å². The summed E-state index contributed by atoms with van der Waals surface area (Å²) in [6.07, 6.45) is 3.94. The molecule has 1 saturated heterocycles. The van der Waals surface area contributed by atoms with E-state index in [0.29, 0.717) is 34.0 Å². The summed E-state index contributed by atoms with van der Waals surface area (Å²) in [6.45, 7) is 3.68. The van der Waals surface area contributed by atoms with Crippen LogP contribution in [0.25, 0.3) is 33.3 Å². The van der Waals surface area contributed by atoms with Gasteiger partial charge in [-0.25, -0.2) is 0 Å². The Balaban J connectivity index is 1.45. The first-order valence-electron chi connectivity index (χ1n) is 13.0. The number of rotatable bonds is 8. The van der Waals surface area contributed by atoms with Crippen molar-refractivity contribution in [3.8, 4) is 28.1 Å². The number of hydrogen-bond acceptors (Lipinski definition) is 4. The minimum Gasteiger partial charge on any atom is -0.507 e. The molecule has 0 saturated carbocycles. The van der Waals surface area contributed by atoms with Crippen molar-refractivity contribution in [2.45, 2.75) is 25.7 Å². The first-order chi connectivity index (χ1) is 18.4. The van der Waals surface area contributed by atoms with Crippen LogP contribution in [0.4, 0.5) is 0 Å². The van der Waals surface area contributed by atoms with Gasteiger partial charge in [-0.2, -0.15) is 0 Å².